The van der Waals surface area contributed by atoms with Crippen LogP contribution in [0.15, 0.2) is 53.9 Å². The fraction of sp³-hybridized carbons (Fsp3) is 0.190. The molecule has 0 radical (unpaired) electrons. The lowest BCUT2D eigenvalue weighted by atomic mass is 10.1. The van der Waals surface area contributed by atoms with Gasteiger partial charge in [-0.1, -0.05) is 6.07 Å². The highest BCUT2D eigenvalue weighted by atomic mass is 32.1. The van der Waals surface area contributed by atoms with Crippen LogP contribution in [0, 0.1) is 5.82 Å². The number of pyridine rings is 1. The zero-order chi connectivity index (χ0) is 21.3. The number of aromatic nitrogens is 4. The Morgan fingerprint density at radius 2 is 2.10 bits per heavy atom. The van der Waals surface area contributed by atoms with Gasteiger partial charge in [0.05, 0.1) is 23.1 Å². The second-order valence-electron chi connectivity index (χ2n) is 6.79. The van der Waals surface area contributed by atoms with Crippen molar-refractivity contribution in [2.24, 2.45) is 10.8 Å². The molecule has 2 N–H and O–H groups in total. The molecule has 0 bridgehead atoms. The molecular formula is C21H20FN7S. The molecule has 0 aliphatic carbocycles. The summed E-state index contributed by atoms with van der Waals surface area (Å²) in [5.41, 5.74) is 9.62. The molecule has 7 nitrogen and oxygen atoms in total. The number of benzene rings is 1. The van der Waals surface area contributed by atoms with Gasteiger partial charge in [0.15, 0.2) is 10.8 Å². The van der Waals surface area contributed by atoms with Gasteiger partial charge in [-0.05, 0) is 55.9 Å². The van der Waals surface area contributed by atoms with Gasteiger partial charge >= 0.3 is 0 Å². The minimum absolute atomic E-state index is 0.197. The molecule has 0 fully saturated rings. The van der Waals surface area contributed by atoms with E-state index in [4.69, 9.17) is 18.0 Å². The van der Waals surface area contributed by atoms with Crippen LogP contribution < -0.4 is 5.73 Å². The zero-order valence-corrected chi connectivity index (χ0v) is 17.4. The molecule has 0 saturated carbocycles. The SMILES string of the molecule is CCN(/N=C(\C)c1ccc2ncc(Cc3cc4cccnc4cc3F)n2n1)C(N)=S. The van der Waals surface area contributed by atoms with E-state index in [2.05, 4.69) is 20.2 Å². The Labute approximate surface area is 178 Å². The highest BCUT2D eigenvalue weighted by molar-refractivity contribution is 7.80. The molecule has 4 aromatic rings. The van der Waals surface area contributed by atoms with Gasteiger partial charge in [-0.3, -0.25) is 4.98 Å². The van der Waals surface area contributed by atoms with Crippen LogP contribution in [0.2, 0.25) is 0 Å². The predicted molar refractivity (Wildman–Crippen MR) is 119 cm³/mol. The normalized spacial score (nSPS) is 11.9. The average molecular weight is 422 g/mol. The first kappa shape index (κ1) is 19.8. The van der Waals surface area contributed by atoms with Crippen LogP contribution in [0.3, 0.4) is 0 Å². The molecule has 0 aliphatic heterocycles. The van der Waals surface area contributed by atoms with Gasteiger partial charge in [-0.2, -0.15) is 10.2 Å². The number of hydrogen-bond acceptors (Lipinski definition) is 5. The fourth-order valence-corrected chi connectivity index (χ4v) is 3.38. The van der Waals surface area contributed by atoms with Gasteiger partial charge in [-0.15, -0.1) is 0 Å². The van der Waals surface area contributed by atoms with Crippen molar-refractivity contribution in [2.75, 3.05) is 6.54 Å². The summed E-state index contributed by atoms with van der Waals surface area (Å²) in [7, 11) is 0. The number of nitrogens with two attached hydrogens (primary N) is 1. The van der Waals surface area contributed by atoms with Crippen molar-refractivity contribution < 1.29 is 4.39 Å². The Morgan fingerprint density at radius 1 is 1.27 bits per heavy atom. The van der Waals surface area contributed by atoms with Crippen LogP contribution in [0.4, 0.5) is 4.39 Å². The van der Waals surface area contributed by atoms with E-state index in [1.807, 2.05) is 44.2 Å². The first-order valence-electron chi connectivity index (χ1n) is 9.45. The number of hydrazone groups is 1. The maximum atomic E-state index is 14.6. The quantitative estimate of drug-likeness (QED) is 0.302. The molecule has 9 heteroatoms. The van der Waals surface area contributed by atoms with Gasteiger partial charge in [0, 0.05) is 30.6 Å². The summed E-state index contributed by atoms with van der Waals surface area (Å²) in [5.74, 6) is -0.305. The van der Waals surface area contributed by atoms with E-state index in [1.54, 1.807) is 16.9 Å². The molecule has 3 aromatic heterocycles. The lowest BCUT2D eigenvalue weighted by Gasteiger charge is -2.15. The van der Waals surface area contributed by atoms with E-state index in [0.29, 0.717) is 41.1 Å². The first-order chi connectivity index (χ1) is 14.5. The van der Waals surface area contributed by atoms with E-state index < -0.39 is 0 Å². The number of imidazole rings is 1. The van der Waals surface area contributed by atoms with Gasteiger partial charge in [0.2, 0.25) is 0 Å². The summed E-state index contributed by atoms with van der Waals surface area (Å²) in [4.78, 5) is 8.59. The smallest absolute Gasteiger partial charge is 0.186 e. The van der Waals surface area contributed by atoms with Crippen LogP contribution >= 0.6 is 12.2 Å². The summed E-state index contributed by atoms with van der Waals surface area (Å²) in [5, 5.41) is 11.7. The number of halogens is 1. The Bertz CT molecular complexity index is 1280. The number of thiocarbonyl (C=S) groups is 1. The highest BCUT2D eigenvalue weighted by Crippen LogP contribution is 2.20. The summed E-state index contributed by atoms with van der Waals surface area (Å²) in [6.07, 6.45) is 3.70. The summed E-state index contributed by atoms with van der Waals surface area (Å²) in [6, 6.07) is 10.7. The van der Waals surface area contributed by atoms with Crippen molar-refractivity contribution in [2.45, 2.75) is 20.3 Å². The van der Waals surface area contributed by atoms with E-state index in [1.165, 1.54) is 11.1 Å². The van der Waals surface area contributed by atoms with Crippen molar-refractivity contribution in [3.63, 3.8) is 0 Å². The van der Waals surface area contributed by atoms with Crippen molar-refractivity contribution in [3.8, 4) is 0 Å². The molecule has 0 atom stereocenters. The maximum Gasteiger partial charge on any atom is 0.186 e. The third-order valence-electron chi connectivity index (χ3n) is 4.77. The van der Waals surface area contributed by atoms with Gasteiger partial charge < -0.3 is 5.73 Å². The van der Waals surface area contributed by atoms with Crippen molar-refractivity contribution in [1.29, 1.82) is 0 Å². The minimum atomic E-state index is -0.305. The minimum Gasteiger partial charge on any atom is -0.375 e. The topological polar surface area (TPSA) is 84.7 Å². The van der Waals surface area contributed by atoms with Crippen LogP contribution in [0.5, 0.6) is 0 Å². The summed E-state index contributed by atoms with van der Waals surface area (Å²) >= 11 is 5.01. The molecule has 0 saturated heterocycles. The van der Waals surface area contributed by atoms with Crippen molar-refractivity contribution in [3.05, 3.63) is 71.6 Å². The monoisotopic (exact) mass is 421 g/mol. The lowest BCUT2D eigenvalue weighted by Crippen LogP contribution is -2.31. The Morgan fingerprint density at radius 3 is 2.87 bits per heavy atom. The van der Waals surface area contributed by atoms with E-state index >= 15 is 0 Å². The van der Waals surface area contributed by atoms with Gasteiger partial charge in [0.1, 0.15) is 11.5 Å². The molecule has 3 heterocycles. The van der Waals surface area contributed by atoms with Crippen LogP contribution in [0.1, 0.15) is 30.8 Å². The maximum absolute atomic E-state index is 14.6. The third-order valence-corrected chi connectivity index (χ3v) is 4.98. The molecule has 30 heavy (non-hydrogen) atoms. The van der Waals surface area contributed by atoms with Gasteiger partial charge in [-0.25, -0.2) is 18.9 Å². The molecule has 0 amide bonds. The highest BCUT2D eigenvalue weighted by Gasteiger charge is 2.13. The average Bonchev–Trinajstić information content (AvgIpc) is 3.14. The number of hydrogen-bond donors (Lipinski definition) is 1. The summed E-state index contributed by atoms with van der Waals surface area (Å²) in [6.45, 7) is 4.30. The van der Waals surface area contributed by atoms with E-state index in [9.17, 15) is 4.39 Å². The number of nitrogens with zero attached hydrogens (tertiary/aromatic N) is 6. The molecule has 0 spiro atoms. The largest absolute Gasteiger partial charge is 0.375 e. The molecule has 0 aliphatic rings. The first-order valence-corrected chi connectivity index (χ1v) is 9.86. The Kier molecular flexibility index (Phi) is 5.37. The molecular weight excluding hydrogens is 401 g/mol. The second-order valence-corrected chi connectivity index (χ2v) is 7.21. The van der Waals surface area contributed by atoms with Crippen molar-refractivity contribution >= 4 is 39.6 Å². The number of rotatable bonds is 5. The van der Waals surface area contributed by atoms with Crippen LogP contribution in [-0.4, -0.2) is 42.0 Å². The molecule has 4 rings (SSSR count). The lowest BCUT2D eigenvalue weighted by molar-refractivity contribution is 0.474. The van der Waals surface area contributed by atoms with E-state index in [0.717, 1.165) is 11.1 Å². The van der Waals surface area contributed by atoms with E-state index in [-0.39, 0.29) is 10.9 Å². The third kappa shape index (κ3) is 3.84. The standard InChI is InChI=1S/C21H20FN7S/c1-3-28(21(23)30)26-13(2)18-6-7-20-25-12-16(29(20)27-18)10-15-9-14-5-4-8-24-19(14)11-17(15)22/h4-9,11-12H,3,10H2,1-2H3,(H2,23,30)/b26-13+. The Balaban J connectivity index is 1.71. The summed E-state index contributed by atoms with van der Waals surface area (Å²) < 4.78 is 16.3. The fourth-order valence-electron chi connectivity index (χ4n) is 3.21. The van der Waals surface area contributed by atoms with Gasteiger partial charge in [0.25, 0.3) is 0 Å². The second kappa shape index (κ2) is 8.11. The van der Waals surface area contributed by atoms with Crippen LogP contribution in [-0.2, 0) is 6.42 Å². The zero-order valence-electron chi connectivity index (χ0n) is 16.6. The van der Waals surface area contributed by atoms with Crippen LogP contribution in [0.25, 0.3) is 16.6 Å². The Hall–Kier alpha value is -3.46. The molecule has 152 valence electrons. The molecule has 1 aromatic carbocycles. The predicted octanol–water partition coefficient (Wildman–Crippen LogP) is 3.30. The molecule has 0 unspecified atom stereocenters. The van der Waals surface area contributed by atoms with Crippen molar-refractivity contribution in [1.82, 2.24) is 24.6 Å². The number of fused-ring (bicyclic) bond motifs is 2.